The summed E-state index contributed by atoms with van der Waals surface area (Å²) >= 11 is 0. The molecule has 1 fully saturated rings. The van der Waals surface area contributed by atoms with Crippen molar-refractivity contribution in [3.8, 4) is 17.1 Å². The van der Waals surface area contributed by atoms with E-state index in [9.17, 15) is 13.9 Å². The van der Waals surface area contributed by atoms with Gasteiger partial charge in [-0.25, -0.2) is 18.7 Å². The van der Waals surface area contributed by atoms with E-state index in [1.165, 1.54) is 0 Å². The second-order valence-corrected chi connectivity index (χ2v) is 8.99. The summed E-state index contributed by atoms with van der Waals surface area (Å²) in [6.07, 6.45) is 8.01. The zero-order chi connectivity index (χ0) is 24.8. The number of ether oxygens (including phenoxy) is 1. The molecule has 3 heterocycles. The molecule has 0 aliphatic carbocycles. The Balaban J connectivity index is 1.23. The first kappa shape index (κ1) is 25.0. The molecule has 8 nitrogen and oxygen atoms in total. The Labute approximate surface area is 203 Å². The molecule has 2 aromatic heterocycles. The Morgan fingerprint density at radius 3 is 2.49 bits per heavy atom. The third-order valence-electron chi connectivity index (χ3n) is 6.20. The van der Waals surface area contributed by atoms with Crippen LogP contribution in [-0.2, 0) is 12.8 Å². The molecule has 35 heavy (non-hydrogen) atoms. The van der Waals surface area contributed by atoms with Gasteiger partial charge < -0.3 is 19.3 Å². The van der Waals surface area contributed by atoms with E-state index in [1.807, 2.05) is 12.4 Å². The molecule has 0 amide bonds. The van der Waals surface area contributed by atoms with Crippen LogP contribution in [-0.4, -0.2) is 51.0 Å². The van der Waals surface area contributed by atoms with E-state index >= 15 is 0 Å². The molecule has 0 unspecified atom stereocenters. The van der Waals surface area contributed by atoms with Crippen LogP contribution in [0, 0.1) is 17.6 Å². The number of nitrogens with zero attached hydrogens (tertiary/aromatic N) is 5. The average Bonchev–Trinajstić information content (AvgIpc) is 3.29. The number of aliphatic hydroxyl groups excluding tert-OH is 1. The fourth-order valence-corrected chi connectivity index (χ4v) is 4.22. The topological polar surface area (TPSA) is 97.4 Å². The van der Waals surface area contributed by atoms with Gasteiger partial charge in [-0.3, -0.25) is 0 Å². The fourth-order valence-electron chi connectivity index (χ4n) is 4.22. The normalized spacial score (nSPS) is 15.4. The van der Waals surface area contributed by atoms with Crippen molar-refractivity contribution in [2.24, 2.45) is 5.92 Å². The number of aryl methyl sites for hydroxylation is 1. The molecule has 1 atom stereocenters. The van der Waals surface area contributed by atoms with Crippen LogP contribution in [0.3, 0.4) is 0 Å². The molecular formula is C25H31F2N5O3. The summed E-state index contributed by atoms with van der Waals surface area (Å²) < 4.78 is 39.7. The number of aliphatic hydroxyl groups is 1. The standard InChI is InChI=1S/C25H31F2N5O3/c1-3-17-14-28-25(29-15-17)32-8-6-18(7-9-32)5-4-10-34-19-12-20(26)23(21(27)13-19)24-30-22(35-31-24)11-16(2)33/h12-16,18,33H,3-11H2,1-2H3/t16-/m0/s1. The van der Waals surface area contributed by atoms with Crippen molar-refractivity contribution in [1.29, 1.82) is 0 Å². The van der Waals surface area contributed by atoms with Crippen molar-refractivity contribution in [2.45, 2.75) is 58.5 Å². The average molecular weight is 488 g/mol. The number of piperidine rings is 1. The molecular weight excluding hydrogens is 456 g/mol. The van der Waals surface area contributed by atoms with Crippen LogP contribution in [0.25, 0.3) is 11.4 Å². The van der Waals surface area contributed by atoms with E-state index in [-0.39, 0.29) is 29.4 Å². The van der Waals surface area contributed by atoms with Crippen LogP contribution in [0.2, 0.25) is 0 Å². The van der Waals surface area contributed by atoms with Gasteiger partial charge in [0, 0.05) is 37.6 Å². The predicted molar refractivity (Wildman–Crippen MR) is 126 cm³/mol. The highest BCUT2D eigenvalue weighted by Crippen LogP contribution is 2.29. The summed E-state index contributed by atoms with van der Waals surface area (Å²) in [6.45, 7) is 5.86. The number of benzene rings is 1. The van der Waals surface area contributed by atoms with Crippen molar-refractivity contribution in [3.05, 3.63) is 47.6 Å². The highest BCUT2D eigenvalue weighted by molar-refractivity contribution is 5.58. The molecule has 1 aromatic carbocycles. The highest BCUT2D eigenvalue weighted by atomic mass is 19.1. The minimum absolute atomic E-state index is 0.107. The van der Waals surface area contributed by atoms with E-state index in [4.69, 9.17) is 9.26 Å². The quantitative estimate of drug-likeness (QED) is 0.421. The molecule has 1 saturated heterocycles. The minimum atomic E-state index is -0.828. The first-order valence-electron chi connectivity index (χ1n) is 12.1. The van der Waals surface area contributed by atoms with E-state index in [0.717, 1.165) is 68.8 Å². The van der Waals surface area contributed by atoms with Crippen LogP contribution < -0.4 is 9.64 Å². The number of hydrogen-bond acceptors (Lipinski definition) is 8. The van der Waals surface area contributed by atoms with Gasteiger partial charge >= 0.3 is 0 Å². The molecule has 3 aromatic rings. The SMILES string of the molecule is CCc1cnc(N2CCC(CCCOc3cc(F)c(-c4noc(C[C@H](C)O)n4)c(F)c3)CC2)nc1. The largest absolute Gasteiger partial charge is 0.493 e. The molecule has 0 radical (unpaired) electrons. The predicted octanol–water partition coefficient (Wildman–Crippen LogP) is 4.37. The molecule has 0 spiro atoms. The fraction of sp³-hybridized carbons (Fsp3) is 0.520. The van der Waals surface area contributed by atoms with Crippen LogP contribution in [0.5, 0.6) is 5.75 Å². The van der Waals surface area contributed by atoms with Crippen molar-refractivity contribution < 1.29 is 23.1 Å². The summed E-state index contributed by atoms with van der Waals surface area (Å²) in [7, 11) is 0. The zero-order valence-electron chi connectivity index (χ0n) is 20.1. The Kier molecular flexibility index (Phi) is 8.22. The third kappa shape index (κ3) is 6.50. The van der Waals surface area contributed by atoms with Gasteiger partial charge in [0.1, 0.15) is 17.4 Å². The molecule has 1 N–H and O–H groups in total. The Hall–Kier alpha value is -3.14. The molecule has 188 valence electrons. The number of aromatic nitrogens is 4. The maximum absolute atomic E-state index is 14.6. The summed E-state index contributed by atoms with van der Waals surface area (Å²) in [5, 5.41) is 13.0. The van der Waals surface area contributed by atoms with Crippen LogP contribution in [0.4, 0.5) is 14.7 Å². The number of anilines is 1. The number of rotatable bonds is 10. The maximum Gasteiger partial charge on any atom is 0.229 e. The number of halogens is 2. The molecule has 0 saturated carbocycles. The molecule has 1 aliphatic heterocycles. The zero-order valence-corrected chi connectivity index (χ0v) is 20.1. The van der Waals surface area contributed by atoms with Crippen molar-refractivity contribution in [1.82, 2.24) is 20.1 Å². The Morgan fingerprint density at radius 1 is 1.17 bits per heavy atom. The first-order valence-corrected chi connectivity index (χ1v) is 12.1. The lowest BCUT2D eigenvalue weighted by molar-refractivity contribution is 0.181. The van der Waals surface area contributed by atoms with Gasteiger partial charge in [0.15, 0.2) is 0 Å². The lowest BCUT2D eigenvalue weighted by Gasteiger charge is -2.32. The van der Waals surface area contributed by atoms with Gasteiger partial charge in [0.25, 0.3) is 0 Å². The Morgan fingerprint density at radius 2 is 1.86 bits per heavy atom. The second kappa shape index (κ2) is 11.5. The van der Waals surface area contributed by atoms with Crippen LogP contribution >= 0.6 is 0 Å². The lowest BCUT2D eigenvalue weighted by atomic mass is 9.92. The second-order valence-electron chi connectivity index (χ2n) is 8.99. The highest BCUT2D eigenvalue weighted by Gasteiger charge is 2.22. The smallest absolute Gasteiger partial charge is 0.229 e. The van der Waals surface area contributed by atoms with Crippen LogP contribution in [0.15, 0.2) is 29.0 Å². The van der Waals surface area contributed by atoms with Gasteiger partial charge in [0.05, 0.1) is 24.7 Å². The van der Waals surface area contributed by atoms with Gasteiger partial charge in [-0.1, -0.05) is 12.1 Å². The Bertz CT molecular complexity index is 1080. The van der Waals surface area contributed by atoms with Crippen molar-refractivity contribution >= 4 is 5.95 Å². The number of hydrogen-bond donors (Lipinski definition) is 1. The molecule has 10 heteroatoms. The lowest BCUT2D eigenvalue weighted by Crippen LogP contribution is -2.35. The molecule has 0 bridgehead atoms. The van der Waals surface area contributed by atoms with Gasteiger partial charge in [0.2, 0.25) is 17.7 Å². The first-order chi connectivity index (χ1) is 16.9. The minimum Gasteiger partial charge on any atom is -0.493 e. The summed E-state index contributed by atoms with van der Waals surface area (Å²) in [5.41, 5.74) is 0.757. The van der Waals surface area contributed by atoms with Gasteiger partial charge in [-0.2, -0.15) is 4.98 Å². The van der Waals surface area contributed by atoms with Crippen molar-refractivity contribution in [2.75, 3.05) is 24.6 Å². The molecule has 4 rings (SSSR count). The third-order valence-corrected chi connectivity index (χ3v) is 6.20. The van der Waals surface area contributed by atoms with Gasteiger partial charge in [-0.15, -0.1) is 0 Å². The van der Waals surface area contributed by atoms with E-state index in [0.29, 0.717) is 12.5 Å². The van der Waals surface area contributed by atoms with E-state index < -0.39 is 17.7 Å². The summed E-state index contributed by atoms with van der Waals surface area (Å²) in [5.74, 6) is -0.246. The van der Waals surface area contributed by atoms with Gasteiger partial charge in [-0.05, 0) is 50.5 Å². The monoisotopic (exact) mass is 487 g/mol. The van der Waals surface area contributed by atoms with Crippen molar-refractivity contribution in [3.63, 3.8) is 0 Å². The van der Waals surface area contributed by atoms with E-state index in [1.54, 1.807) is 6.92 Å². The summed E-state index contributed by atoms with van der Waals surface area (Å²) in [4.78, 5) is 15.1. The summed E-state index contributed by atoms with van der Waals surface area (Å²) in [6, 6.07) is 2.26. The van der Waals surface area contributed by atoms with Crippen LogP contribution in [0.1, 0.15) is 51.0 Å². The van der Waals surface area contributed by atoms with E-state index in [2.05, 4.69) is 31.9 Å². The molecule has 1 aliphatic rings. The maximum atomic E-state index is 14.6.